The molecular weight excluding hydrogens is 400 g/mol. The summed E-state index contributed by atoms with van der Waals surface area (Å²) in [4.78, 5) is 30.4. The van der Waals surface area contributed by atoms with Gasteiger partial charge in [-0.3, -0.25) is 0 Å². The van der Waals surface area contributed by atoms with Crippen LogP contribution in [-0.2, 0) is 4.74 Å². The summed E-state index contributed by atoms with van der Waals surface area (Å²) in [6.07, 6.45) is 3.35. The Morgan fingerprint density at radius 1 is 1.23 bits per heavy atom. The van der Waals surface area contributed by atoms with Crippen LogP contribution in [0.4, 0.5) is 21.6 Å². The number of hydrogen-bond acceptors (Lipinski definition) is 8. The second-order valence-corrected chi connectivity index (χ2v) is 8.23. The summed E-state index contributed by atoms with van der Waals surface area (Å²) < 4.78 is 4.86. The van der Waals surface area contributed by atoms with Crippen LogP contribution in [0.3, 0.4) is 0 Å². The molecule has 0 saturated carbocycles. The van der Waals surface area contributed by atoms with Crippen LogP contribution in [-0.4, -0.2) is 58.7 Å². The first kappa shape index (κ1) is 20.1. The number of piperazine rings is 1. The maximum atomic E-state index is 11.8. The van der Waals surface area contributed by atoms with Gasteiger partial charge in [-0.15, -0.1) is 0 Å². The Morgan fingerprint density at radius 2 is 2.10 bits per heavy atom. The van der Waals surface area contributed by atoms with Crippen LogP contribution < -0.4 is 10.2 Å². The Morgan fingerprint density at radius 3 is 2.87 bits per heavy atom. The first-order valence-electron chi connectivity index (χ1n) is 9.76. The molecule has 4 heterocycles. The molecule has 4 rings (SSSR count). The zero-order valence-electron chi connectivity index (χ0n) is 17.2. The van der Waals surface area contributed by atoms with E-state index in [0.29, 0.717) is 6.54 Å². The van der Waals surface area contributed by atoms with E-state index in [0.717, 1.165) is 46.0 Å². The number of rotatable bonds is 4. The van der Waals surface area contributed by atoms with E-state index in [2.05, 4.69) is 20.2 Å². The normalized spacial score (nSPS) is 16.4. The molecular formula is C21H24N6O2S. The number of aryl methyl sites for hydroxylation is 1. The smallest absolute Gasteiger partial charge is 0.409 e. The number of carbonyl (C=O) groups excluding carboxylic acids is 1. The summed E-state index contributed by atoms with van der Waals surface area (Å²) in [7, 11) is 1.42. The third-order valence-electron chi connectivity index (χ3n) is 4.97. The van der Waals surface area contributed by atoms with Crippen LogP contribution in [0.5, 0.6) is 0 Å². The third kappa shape index (κ3) is 4.35. The second-order valence-electron chi connectivity index (χ2n) is 7.22. The van der Waals surface area contributed by atoms with E-state index in [9.17, 15) is 4.79 Å². The lowest BCUT2D eigenvalue weighted by molar-refractivity contribution is 0.103. The Kier molecular flexibility index (Phi) is 5.80. The molecule has 3 aromatic rings. The van der Waals surface area contributed by atoms with E-state index < -0.39 is 0 Å². The maximum absolute atomic E-state index is 11.8. The number of nitrogens with zero attached hydrogens (tertiary/aromatic N) is 5. The molecule has 0 bridgehead atoms. The van der Waals surface area contributed by atoms with E-state index in [1.165, 1.54) is 7.11 Å². The molecule has 8 nitrogen and oxygen atoms in total. The first-order chi connectivity index (χ1) is 14.5. The number of aromatic nitrogens is 3. The summed E-state index contributed by atoms with van der Waals surface area (Å²) in [5, 5.41) is 4.19. The lowest BCUT2D eigenvalue weighted by atomic mass is 10.2. The summed E-state index contributed by atoms with van der Waals surface area (Å²) in [6, 6.07) is 9.86. The Balaban J connectivity index is 1.47. The standard InChI is InChI=1S/C21H24N6O2S/c1-14-7-8-22-19(11-14)25-18-6-4-5-16(24-18)17-12-23-20(30-17)26-9-10-27(15(2)13-26)21(28)29-3/h4-8,11-12,15H,9-10,13H2,1-3H3,(H,22,24,25). The van der Waals surface area contributed by atoms with Crippen molar-refractivity contribution in [2.45, 2.75) is 19.9 Å². The van der Waals surface area contributed by atoms with E-state index in [1.54, 1.807) is 22.4 Å². The van der Waals surface area contributed by atoms with Crippen LogP contribution in [0.2, 0.25) is 0 Å². The van der Waals surface area contributed by atoms with Crippen molar-refractivity contribution < 1.29 is 9.53 Å². The van der Waals surface area contributed by atoms with Crippen LogP contribution in [0.15, 0.2) is 42.7 Å². The van der Waals surface area contributed by atoms with Gasteiger partial charge >= 0.3 is 6.09 Å². The highest BCUT2D eigenvalue weighted by Crippen LogP contribution is 2.32. The number of anilines is 3. The van der Waals surface area contributed by atoms with E-state index >= 15 is 0 Å². The molecule has 1 N–H and O–H groups in total. The molecule has 1 saturated heterocycles. The van der Waals surface area contributed by atoms with Crippen molar-refractivity contribution in [3.8, 4) is 10.6 Å². The molecule has 1 fully saturated rings. The number of thiazole rings is 1. The quantitative estimate of drug-likeness (QED) is 0.679. The number of amides is 1. The van der Waals surface area contributed by atoms with Gasteiger partial charge in [-0.25, -0.2) is 19.7 Å². The highest BCUT2D eigenvalue weighted by molar-refractivity contribution is 7.18. The van der Waals surface area contributed by atoms with E-state index in [4.69, 9.17) is 9.72 Å². The second kappa shape index (κ2) is 8.66. The lowest BCUT2D eigenvalue weighted by Crippen LogP contribution is -2.54. The molecule has 1 aliphatic rings. The maximum Gasteiger partial charge on any atom is 0.409 e. The fraction of sp³-hybridized carbons (Fsp3) is 0.333. The van der Waals surface area contributed by atoms with Gasteiger partial charge in [0.25, 0.3) is 0 Å². The van der Waals surface area contributed by atoms with Gasteiger partial charge in [-0.2, -0.15) is 0 Å². The molecule has 0 radical (unpaired) electrons. The Labute approximate surface area is 179 Å². The zero-order chi connectivity index (χ0) is 21.1. The largest absolute Gasteiger partial charge is 0.453 e. The molecule has 1 amide bonds. The van der Waals surface area contributed by atoms with Gasteiger partial charge in [-0.1, -0.05) is 17.4 Å². The number of carbonyl (C=O) groups is 1. The Hall–Kier alpha value is -3.20. The molecule has 1 unspecified atom stereocenters. The van der Waals surface area contributed by atoms with Crippen LogP contribution in [0, 0.1) is 6.92 Å². The van der Waals surface area contributed by atoms with Gasteiger partial charge in [0.15, 0.2) is 5.13 Å². The number of methoxy groups -OCH3 is 1. The topological polar surface area (TPSA) is 83.5 Å². The summed E-state index contributed by atoms with van der Waals surface area (Å²) in [5.74, 6) is 1.50. The molecule has 1 atom stereocenters. The lowest BCUT2D eigenvalue weighted by Gasteiger charge is -2.38. The predicted molar refractivity (Wildman–Crippen MR) is 118 cm³/mol. The van der Waals surface area contributed by atoms with Gasteiger partial charge in [0, 0.05) is 38.1 Å². The molecule has 9 heteroatoms. The number of pyridine rings is 2. The van der Waals surface area contributed by atoms with Crippen molar-refractivity contribution >= 4 is 34.2 Å². The fourth-order valence-electron chi connectivity index (χ4n) is 3.43. The Bertz CT molecular complexity index is 1040. The van der Waals surface area contributed by atoms with Crippen molar-refractivity contribution in [1.82, 2.24) is 19.9 Å². The average Bonchev–Trinajstić information content (AvgIpc) is 3.24. The average molecular weight is 425 g/mol. The highest BCUT2D eigenvalue weighted by atomic mass is 32.1. The summed E-state index contributed by atoms with van der Waals surface area (Å²) >= 11 is 1.60. The fourth-order valence-corrected chi connectivity index (χ4v) is 4.35. The van der Waals surface area contributed by atoms with Crippen molar-refractivity contribution in [2.75, 3.05) is 37.0 Å². The van der Waals surface area contributed by atoms with Crippen molar-refractivity contribution in [3.05, 3.63) is 48.3 Å². The van der Waals surface area contributed by atoms with Gasteiger partial charge in [-0.05, 0) is 43.7 Å². The van der Waals surface area contributed by atoms with Gasteiger partial charge < -0.3 is 19.9 Å². The number of nitrogens with one attached hydrogen (secondary N) is 1. The number of hydrogen-bond donors (Lipinski definition) is 1. The zero-order valence-corrected chi connectivity index (χ0v) is 18.0. The summed E-state index contributed by atoms with van der Waals surface area (Å²) in [6.45, 7) is 6.11. The van der Waals surface area contributed by atoms with Gasteiger partial charge in [0.1, 0.15) is 11.6 Å². The first-order valence-corrected chi connectivity index (χ1v) is 10.6. The predicted octanol–water partition coefficient (Wildman–Crippen LogP) is 3.93. The van der Waals surface area contributed by atoms with E-state index in [-0.39, 0.29) is 12.1 Å². The van der Waals surface area contributed by atoms with Gasteiger partial charge in [0.2, 0.25) is 0 Å². The minimum Gasteiger partial charge on any atom is -0.453 e. The molecule has 0 spiro atoms. The van der Waals surface area contributed by atoms with Crippen LogP contribution in [0.25, 0.3) is 10.6 Å². The highest BCUT2D eigenvalue weighted by Gasteiger charge is 2.29. The van der Waals surface area contributed by atoms with Crippen molar-refractivity contribution in [2.24, 2.45) is 0 Å². The monoisotopic (exact) mass is 424 g/mol. The minimum absolute atomic E-state index is 0.0611. The van der Waals surface area contributed by atoms with Crippen LogP contribution >= 0.6 is 11.3 Å². The van der Waals surface area contributed by atoms with E-state index in [1.807, 2.05) is 50.4 Å². The number of ether oxygens (including phenoxy) is 1. The molecule has 0 aliphatic carbocycles. The van der Waals surface area contributed by atoms with Crippen LogP contribution in [0.1, 0.15) is 12.5 Å². The molecule has 3 aromatic heterocycles. The SMILES string of the molecule is COC(=O)N1CCN(c2ncc(-c3cccc(Nc4cc(C)ccn4)n3)s2)CC1C. The third-order valence-corrected chi connectivity index (χ3v) is 6.05. The van der Waals surface area contributed by atoms with Gasteiger partial charge in [0.05, 0.1) is 17.7 Å². The molecule has 1 aliphatic heterocycles. The molecule has 30 heavy (non-hydrogen) atoms. The van der Waals surface area contributed by atoms with Crippen molar-refractivity contribution in [3.63, 3.8) is 0 Å². The molecule has 0 aromatic carbocycles. The summed E-state index contributed by atoms with van der Waals surface area (Å²) in [5.41, 5.74) is 2.00. The minimum atomic E-state index is -0.279. The molecule has 156 valence electrons. The van der Waals surface area contributed by atoms with Crippen molar-refractivity contribution in [1.29, 1.82) is 0 Å².